The zero-order chi connectivity index (χ0) is 17.2. The molecule has 2 atom stereocenters. The topological polar surface area (TPSA) is 71.3 Å². The fourth-order valence-corrected chi connectivity index (χ4v) is 4.09. The number of aryl methyl sites for hydroxylation is 2. The first-order valence-electron chi connectivity index (χ1n) is 9.12. The lowest BCUT2D eigenvalue weighted by Crippen LogP contribution is -2.39. The summed E-state index contributed by atoms with van der Waals surface area (Å²) in [6.45, 7) is 3.08. The second-order valence-corrected chi connectivity index (χ2v) is 7.01. The molecule has 25 heavy (non-hydrogen) atoms. The molecule has 0 spiro atoms. The molecule has 1 aromatic carbocycles. The van der Waals surface area contributed by atoms with E-state index in [1.807, 2.05) is 0 Å². The predicted molar refractivity (Wildman–Crippen MR) is 92.8 cm³/mol. The Balaban J connectivity index is 1.41. The fraction of sp³-hybridized carbons (Fsp3) is 0.526. The minimum absolute atomic E-state index is 0.0776. The van der Waals surface area contributed by atoms with Crippen LogP contribution in [0, 0.1) is 6.92 Å². The lowest BCUT2D eigenvalue weighted by molar-refractivity contribution is -0.123. The van der Waals surface area contributed by atoms with Gasteiger partial charge in [0, 0.05) is 6.92 Å². The molecule has 1 aliphatic heterocycles. The Hall–Kier alpha value is -2.21. The van der Waals surface area contributed by atoms with Gasteiger partial charge < -0.3 is 9.84 Å². The second kappa shape index (κ2) is 6.96. The molecular formula is C19H24N4O2. The molecule has 2 aromatic rings. The quantitative estimate of drug-likeness (QED) is 0.926. The standard InChI is InChI=1S/C19H24N4O2/c1-13-20-19(22-25-13)17-10-5-11-23(17)12-18(24)21-16-9-4-7-14-6-2-3-8-15(14)16/h2-3,6,8,16-17H,4-5,7,9-12H2,1H3,(H,21,24)/t16-,17+/m0/s1. The van der Waals surface area contributed by atoms with Gasteiger partial charge in [0.2, 0.25) is 11.8 Å². The Morgan fingerprint density at radius 3 is 3.04 bits per heavy atom. The first kappa shape index (κ1) is 16.3. The molecular weight excluding hydrogens is 316 g/mol. The van der Waals surface area contributed by atoms with E-state index in [0.717, 1.165) is 38.6 Å². The number of nitrogens with zero attached hydrogens (tertiary/aromatic N) is 3. The molecule has 2 heterocycles. The number of aromatic nitrogens is 2. The summed E-state index contributed by atoms with van der Waals surface area (Å²) in [6, 6.07) is 8.65. The maximum absolute atomic E-state index is 12.6. The molecule has 6 heteroatoms. The third-order valence-electron chi connectivity index (χ3n) is 5.26. The number of rotatable bonds is 4. The minimum Gasteiger partial charge on any atom is -0.348 e. The van der Waals surface area contributed by atoms with Crippen LogP contribution in [0.1, 0.15) is 60.6 Å². The van der Waals surface area contributed by atoms with Crippen LogP contribution < -0.4 is 5.32 Å². The SMILES string of the molecule is Cc1nc([C@H]2CCCN2CC(=O)N[C@H]2CCCc3ccccc32)no1. The van der Waals surface area contributed by atoms with Crippen molar-refractivity contribution in [3.05, 3.63) is 47.1 Å². The highest BCUT2D eigenvalue weighted by Crippen LogP contribution is 2.31. The average Bonchev–Trinajstić information content (AvgIpc) is 3.24. The Labute approximate surface area is 147 Å². The molecule has 2 aliphatic rings. The van der Waals surface area contributed by atoms with E-state index in [9.17, 15) is 4.79 Å². The number of amides is 1. The third kappa shape index (κ3) is 3.44. The van der Waals surface area contributed by atoms with Crippen molar-refractivity contribution in [1.29, 1.82) is 0 Å². The van der Waals surface area contributed by atoms with Crippen LogP contribution in [0.2, 0.25) is 0 Å². The van der Waals surface area contributed by atoms with Gasteiger partial charge in [-0.1, -0.05) is 29.4 Å². The lowest BCUT2D eigenvalue weighted by Gasteiger charge is -2.28. The molecule has 4 rings (SSSR count). The highest BCUT2D eigenvalue weighted by molar-refractivity contribution is 5.78. The Morgan fingerprint density at radius 1 is 1.32 bits per heavy atom. The van der Waals surface area contributed by atoms with Crippen molar-refractivity contribution < 1.29 is 9.32 Å². The molecule has 1 N–H and O–H groups in total. The maximum atomic E-state index is 12.6. The highest BCUT2D eigenvalue weighted by Gasteiger charge is 2.31. The third-order valence-corrected chi connectivity index (χ3v) is 5.26. The van der Waals surface area contributed by atoms with Crippen LogP contribution in [0.5, 0.6) is 0 Å². The van der Waals surface area contributed by atoms with Crippen molar-refractivity contribution in [3.63, 3.8) is 0 Å². The van der Waals surface area contributed by atoms with Gasteiger partial charge in [-0.2, -0.15) is 4.98 Å². The van der Waals surface area contributed by atoms with Crippen molar-refractivity contribution in [2.24, 2.45) is 0 Å². The van der Waals surface area contributed by atoms with Crippen LogP contribution in [0.4, 0.5) is 0 Å². The highest BCUT2D eigenvalue weighted by atomic mass is 16.5. The summed E-state index contributed by atoms with van der Waals surface area (Å²) in [5.74, 6) is 1.35. The summed E-state index contributed by atoms with van der Waals surface area (Å²) < 4.78 is 5.10. The number of carbonyl (C=O) groups excluding carboxylic acids is 1. The van der Waals surface area contributed by atoms with Crippen LogP contribution in [-0.2, 0) is 11.2 Å². The Bertz CT molecular complexity index is 757. The predicted octanol–water partition coefficient (Wildman–Crippen LogP) is 2.71. The van der Waals surface area contributed by atoms with Crippen molar-refractivity contribution in [2.45, 2.75) is 51.1 Å². The number of carbonyl (C=O) groups is 1. The zero-order valence-corrected chi connectivity index (χ0v) is 14.6. The number of hydrogen-bond donors (Lipinski definition) is 1. The number of hydrogen-bond acceptors (Lipinski definition) is 5. The van der Waals surface area contributed by atoms with Crippen molar-refractivity contribution in [3.8, 4) is 0 Å². The van der Waals surface area contributed by atoms with Crippen LogP contribution in [0.3, 0.4) is 0 Å². The van der Waals surface area contributed by atoms with E-state index in [2.05, 4.69) is 44.6 Å². The van der Waals surface area contributed by atoms with E-state index in [1.165, 1.54) is 11.1 Å². The molecule has 0 radical (unpaired) electrons. The monoisotopic (exact) mass is 340 g/mol. The van der Waals surface area contributed by atoms with Crippen LogP contribution in [0.25, 0.3) is 0 Å². The van der Waals surface area contributed by atoms with Crippen molar-refractivity contribution in [2.75, 3.05) is 13.1 Å². The molecule has 1 saturated heterocycles. The van der Waals surface area contributed by atoms with Gasteiger partial charge in [0.1, 0.15) is 0 Å². The number of nitrogens with one attached hydrogen (secondary N) is 1. The summed E-state index contributed by atoms with van der Waals surface area (Å²) in [4.78, 5) is 19.1. The molecule has 0 saturated carbocycles. The van der Waals surface area contributed by atoms with Crippen LogP contribution >= 0.6 is 0 Å². The minimum atomic E-state index is 0.0776. The average molecular weight is 340 g/mol. The molecule has 1 aliphatic carbocycles. The Morgan fingerprint density at radius 2 is 2.20 bits per heavy atom. The largest absolute Gasteiger partial charge is 0.348 e. The molecule has 1 aromatic heterocycles. The normalized spacial score (nSPS) is 23.4. The lowest BCUT2D eigenvalue weighted by atomic mass is 9.88. The molecule has 6 nitrogen and oxygen atoms in total. The van der Waals surface area contributed by atoms with Gasteiger partial charge in [-0.05, 0) is 49.8 Å². The summed E-state index contributed by atoms with van der Waals surface area (Å²) >= 11 is 0. The summed E-state index contributed by atoms with van der Waals surface area (Å²) in [5, 5.41) is 7.28. The molecule has 0 bridgehead atoms. The summed E-state index contributed by atoms with van der Waals surface area (Å²) in [6.07, 6.45) is 5.26. The maximum Gasteiger partial charge on any atom is 0.234 e. The van der Waals surface area contributed by atoms with E-state index in [1.54, 1.807) is 6.92 Å². The van der Waals surface area contributed by atoms with Gasteiger partial charge in [-0.3, -0.25) is 9.69 Å². The van der Waals surface area contributed by atoms with Crippen molar-refractivity contribution >= 4 is 5.91 Å². The first-order chi connectivity index (χ1) is 12.2. The van der Waals surface area contributed by atoms with Gasteiger partial charge in [0.25, 0.3) is 0 Å². The number of fused-ring (bicyclic) bond motifs is 1. The number of benzene rings is 1. The fourth-order valence-electron chi connectivity index (χ4n) is 4.09. The van der Waals surface area contributed by atoms with Gasteiger partial charge in [0.05, 0.1) is 18.6 Å². The number of likely N-dealkylation sites (tertiary alicyclic amines) is 1. The van der Waals surface area contributed by atoms with Crippen molar-refractivity contribution in [1.82, 2.24) is 20.4 Å². The summed E-state index contributed by atoms with van der Waals surface area (Å²) in [7, 11) is 0. The van der Waals surface area contributed by atoms with E-state index < -0.39 is 0 Å². The van der Waals surface area contributed by atoms with E-state index >= 15 is 0 Å². The molecule has 1 amide bonds. The van der Waals surface area contributed by atoms with Crippen LogP contribution in [0.15, 0.2) is 28.8 Å². The van der Waals surface area contributed by atoms with E-state index in [-0.39, 0.29) is 18.0 Å². The second-order valence-electron chi connectivity index (χ2n) is 7.01. The molecule has 132 valence electrons. The van der Waals surface area contributed by atoms with Gasteiger partial charge in [-0.15, -0.1) is 0 Å². The van der Waals surface area contributed by atoms with Gasteiger partial charge in [-0.25, -0.2) is 0 Å². The van der Waals surface area contributed by atoms with E-state index in [0.29, 0.717) is 18.3 Å². The van der Waals surface area contributed by atoms with Crippen LogP contribution in [-0.4, -0.2) is 34.0 Å². The van der Waals surface area contributed by atoms with Gasteiger partial charge in [0.15, 0.2) is 5.82 Å². The van der Waals surface area contributed by atoms with E-state index in [4.69, 9.17) is 4.52 Å². The zero-order valence-electron chi connectivity index (χ0n) is 14.6. The smallest absolute Gasteiger partial charge is 0.234 e. The first-order valence-corrected chi connectivity index (χ1v) is 9.12. The molecule has 0 unspecified atom stereocenters. The Kier molecular flexibility index (Phi) is 4.53. The van der Waals surface area contributed by atoms with Gasteiger partial charge >= 0.3 is 0 Å². The summed E-state index contributed by atoms with van der Waals surface area (Å²) in [5.41, 5.74) is 2.63. The molecule has 1 fully saturated rings.